The summed E-state index contributed by atoms with van der Waals surface area (Å²) in [5.74, 6) is 0.599. The number of halogens is 3. The van der Waals surface area contributed by atoms with Crippen LogP contribution in [0, 0.1) is 0 Å². The number of hydrogen-bond acceptors (Lipinski definition) is 3. The standard InChI is InChI=1S/C7H6BrCl2N3/c1-4(9)2-11-7-5(8)6(10)12-3-13-7/h3H,1-2H2,(H,11,12,13). The average Bonchev–Trinajstić information content (AvgIpc) is 2.07. The summed E-state index contributed by atoms with van der Waals surface area (Å²) < 4.78 is 0.620. The second-order valence-electron chi connectivity index (χ2n) is 2.20. The average molecular weight is 283 g/mol. The summed E-state index contributed by atoms with van der Waals surface area (Å²) in [4.78, 5) is 7.74. The van der Waals surface area contributed by atoms with Gasteiger partial charge < -0.3 is 5.32 Å². The van der Waals surface area contributed by atoms with E-state index in [2.05, 4.69) is 37.8 Å². The molecule has 0 bridgehead atoms. The topological polar surface area (TPSA) is 37.8 Å². The first-order valence-corrected chi connectivity index (χ1v) is 4.89. The molecule has 6 heteroatoms. The fraction of sp³-hybridized carbons (Fsp3) is 0.143. The molecule has 3 nitrogen and oxygen atoms in total. The molecule has 0 aliphatic rings. The van der Waals surface area contributed by atoms with Gasteiger partial charge in [0.05, 0.1) is 11.0 Å². The minimum atomic E-state index is 0.359. The predicted molar refractivity (Wildman–Crippen MR) is 58.2 cm³/mol. The highest BCUT2D eigenvalue weighted by Crippen LogP contribution is 2.25. The van der Waals surface area contributed by atoms with Gasteiger partial charge in [-0.15, -0.1) is 0 Å². The van der Waals surface area contributed by atoms with Gasteiger partial charge in [0.15, 0.2) is 0 Å². The summed E-state index contributed by atoms with van der Waals surface area (Å²) in [6.07, 6.45) is 1.37. The molecule has 1 rings (SSSR count). The summed E-state index contributed by atoms with van der Waals surface area (Å²) in [7, 11) is 0. The highest BCUT2D eigenvalue weighted by atomic mass is 79.9. The summed E-state index contributed by atoms with van der Waals surface area (Å²) in [6, 6.07) is 0. The van der Waals surface area contributed by atoms with Crippen LogP contribution in [0.4, 0.5) is 5.82 Å². The number of rotatable bonds is 3. The molecule has 0 aliphatic heterocycles. The number of hydrogen-bond donors (Lipinski definition) is 1. The molecule has 1 heterocycles. The quantitative estimate of drug-likeness (QED) is 0.866. The van der Waals surface area contributed by atoms with Crippen LogP contribution in [0.3, 0.4) is 0 Å². The number of nitrogens with one attached hydrogen (secondary N) is 1. The lowest BCUT2D eigenvalue weighted by molar-refractivity contribution is 1.12. The largest absolute Gasteiger partial charge is 0.364 e. The monoisotopic (exact) mass is 281 g/mol. The molecule has 0 amide bonds. The smallest absolute Gasteiger partial charge is 0.148 e. The van der Waals surface area contributed by atoms with Crippen molar-refractivity contribution in [2.75, 3.05) is 11.9 Å². The Bertz CT molecular complexity index is 330. The Hall–Kier alpha value is -0.320. The molecule has 1 N–H and O–H groups in total. The molecule has 1 aromatic rings. The van der Waals surface area contributed by atoms with Crippen LogP contribution in [0.5, 0.6) is 0 Å². The van der Waals surface area contributed by atoms with Crippen molar-refractivity contribution in [3.8, 4) is 0 Å². The van der Waals surface area contributed by atoms with Gasteiger partial charge in [0.25, 0.3) is 0 Å². The van der Waals surface area contributed by atoms with Crippen LogP contribution >= 0.6 is 39.1 Å². The lowest BCUT2D eigenvalue weighted by atomic mass is 10.5. The first-order valence-electron chi connectivity index (χ1n) is 3.34. The normalized spacial score (nSPS) is 9.77. The van der Waals surface area contributed by atoms with Gasteiger partial charge in [-0.25, -0.2) is 9.97 Å². The number of anilines is 1. The Kier molecular flexibility index (Phi) is 3.96. The van der Waals surface area contributed by atoms with E-state index in [4.69, 9.17) is 23.2 Å². The minimum Gasteiger partial charge on any atom is -0.364 e. The van der Waals surface area contributed by atoms with Gasteiger partial charge in [0, 0.05) is 5.03 Å². The maximum absolute atomic E-state index is 5.74. The zero-order chi connectivity index (χ0) is 9.84. The van der Waals surface area contributed by atoms with E-state index in [0.29, 0.717) is 27.0 Å². The van der Waals surface area contributed by atoms with Gasteiger partial charge in [-0.05, 0) is 15.9 Å². The molecule has 0 radical (unpaired) electrons. The molecule has 0 unspecified atom stereocenters. The first-order chi connectivity index (χ1) is 6.11. The maximum Gasteiger partial charge on any atom is 0.148 e. The van der Waals surface area contributed by atoms with E-state index < -0.39 is 0 Å². The lowest BCUT2D eigenvalue weighted by Gasteiger charge is -2.05. The van der Waals surface area contributed by atoms with Crippen LogP contribution < -0.4 is 5.32 Å². The third kappa shape index (κ3) is 3.14. The van der Waals surface area contributed by atoms with Crippen molar-refractivity contribution < 1.29 is 0 Å². The van der Waals surface area contributed by atoms with Crippen molar-refractivity contribution in [3.05, 3.63) is 27.6 Å². The van der Waals surface area contributed by atoms with Crippen molar-refractivity contribution in [2.24, 2.45) is 0 Å². The summed E-state index contributed by atoms with van der Waals surface area (Å²) in [6.45, 7) is 3.97. The van der Waals surface area contributed by atoms with E-state index >= 15 is 0 Å². The van der Waals surface area contributed by atoms with Crippen molar-refractivity contribution in [1.82, 2.24) is 9.97 Å². The van der Waals surface area contributed by atoms with Crippen molar-refractivity contribution >= 4 is 44.9 Å². The molecular formula is C7H6BrCl2N3. The zero-order valence-corrected chi connectivity index (χ0v) is 9.62. The summed E-state index contributed by atoms with van der Waals surface area (Å²) >= 11 is 14.5. The van der Waals surface area contributed by atoms with Crippen LogP contribution in [-0.2, 0) is 0 Å². The molecule has 1 aromatic heterocycles. The fourth-order valence-electron chi connectivity index (χ4n) is 0.651. The molecule has 0 atom stereocenters. The predicted octanol–water partition coefficient (Wildman–Crippen LogP) is 3.06. The van der Waals surface area contributed by atoms with E-state index in [1.807, 2.05) is 0 Å². The third-order valence-corrected chi connectivity index (χ3v) is 2.59. The van der Waals surface area contributed by atoms with Crippen molar-refractivity contribution in [2.45, 2.75) is 0 Å². The Labute approximate surface area is 94.3 Å². The van der Waals surface area contributed by atoms with Gasteiger partial charge in [-0.3, -0.25) is 0 Å². The molecule has 0 aliphatic carbocycles. The highest BCUT2D eigenvalue weighted by Gasteiger charge is 2.05. The molecule has 0 spiro atoms. The van der Waals surface area contributed by atoms with Crippen LogP contribution in [0.1, 0.15) is 0 Å². The number of nitrogens with zero attached hydrogens (tertiary/aromatic N) is 2. The van der Waals surface area contributed by atoms with Gasteiger partial charge in [-0.2, -0.15) is 0 Å². The Morgan fingerprint density at radius 2 is 2.31 bits per heavy atom. The van der Waals surface area contributed by atoms with Gasteiger partial charge in [-0.1, -0.05) is 29.8 Å². The van der Waals surface area contributed by atoms with Crippen LogP contribution in [0.15, 0.2) is 22.4 Å². The SMILES string of the molecule is C=C(Cl)CNc1ncnc(Cl)c1Br. The Morgan fingerprint density at radius 3 is 2.92 bits per heavy atom. The fourth-order valence-corrected chi connectivity index (χ4v) is 1.20. The summed E-state index contributed by atoms with van der Waals surface area (Å²) in [5, 5.41) is 3.80. The second kappa shape index (κ2) is 4.79. The molecule has 13 heavy (non-hydrogen) atoms. The van der Waals surface area contributed by atoms with Gasteiger partial charge in [0.2, 0.25) is 0 Å². The van der Waals surface area contributed by atoms with Crippen LogP contribution in [-0.4, -0.2) is 16.5 Å². The van der Waals surface area contributed by atoms with Crippen LogP contribution in [0.2, 0.25) is 5.15 Å². The van der Waals surface area contributed by atoms with E-state index in [9.17, 15) is 0 Å². The van der Waals surface area contributed by atoms with Crippen LogP contribution in [0.25, 0.3) is 0 Å². The Morgan fingerprint density at radius 1 is 1.62 bits per heavy atom. The molecule has 0 fully saturated rings. The van der Waals surface area contributed by atoms with E-state index in [1.165, 1.54) is 6.33 Å². The highest BCUT2D eigenvalue weighted by molar-refractivity contribution is 9.10. The maximum atomic E-state index is 5.74. The molecular weight excluding hydrogens is 277 g/mol. The minimum absolute atomic E-state index is 0.359. The molecule has 0 saturated carbocycles. The summed E-state index contributed by atoms with van der Waals surface area (Å²) in [5.41, 5.74) is 0. The molecule has 70 valence electrons. The number of aromatic nitrogens is 2. The first kappa shape index (κ1) is 10.8. The molecule has 0 aromatic carbocycles. The van der Waals surface area contributed by atoms with Gasteiger partial charge >= 0.3 is 0 Å². The lowest BCUT2D eigenvalue weighted by Crippen LogP contribution is -2.04. The van der Waals surface area contributed by atoms with E-state index in [0.717, 1.165) is 0 Å². The van der Waals surface area contributed by atoms with Crippen molar-refractivity contribution in [1.29, 1.82) is 0 Å². The van der Waals surface area contributed by atoms with E-state index in [1.54, 1.807) is 0 Å². The zero-order valence-electron chi connectivity index (χ0n) is 6.52. The van der Waals surface area contributed by atoms with E-state index in [-0.39, 0.29) is 0 Å². The second-order valence-corrected chi connectivity index (χ2v) is 3.88. The van der Waals surface area contributed by atoms with Crippen molar-refractivity contribution in [3.63, 3.8) is 0 Å². The molecule has 0 saturated heterocycles. The van der Waals surface area contributed by atoms with Gasteiger partial charge in [0.1, 0.15) is 17.3 Å². The Balaban J connectivity index is 2.77. The third-order valence-electron chi connectivity index (χ3n) is 1.19.